The molecule has 5 heteroatoms. The Balaban J connectivity index is 2.45. The topological polar surface area (TPSA) is 76.5 Å². The molecule has 2 unspecified atom stereocenters. The number of carbonyl (C=O) groups is 2. The molecule has 0 aliphatic heterocycles. The number of carboxylic acids is 1. The van der Waals surface area contributed by atoms with Crippen molar-refractivity contribution in [2.24, 2.45) is 0 Å². The minimum Gasteiger partial charge on any atom is -0.481 e. The summed E-state index contributed by atoms with van der Waals surface area (Å²) in [5.74, 6) is -2.82. The molecule has 0 fully saturated rings. The summed E-state index contributed by atoms with van der Waals surface area (Å²) in [5, 5.41) is 9.66. The Hall–Kier alpha value is -2.69. The molecule has 0 bridgehead atoms. The molecule has 0 aliphatic carbocycles. The van der Waals surface area contributed by atoms with Crippen molar-refractivity contribution >= 4 is 11.9 Å². The lowest BCUT2D eigenvalue weighted by atomic mass is 9.80. The highest BCUT2D eigenvalue weighted by Crippen LogP contribution is 2.36. The largest absolute Gasteiger partial charge is 0.481 e. The monoisotopic (exact) mass is 299 g/mol. The standard InChI is InChI=1S/C17H17NO4/c1-22-15(19)10-14(12-6-3-2-4-7-12)16(17(20)21)13-8-5-9-18-11-13/h2-9,11,14,16H,10H2,1H3,(H,20,21). The predicted octanol–water partition coefficient (Wildman–Crippen LogP) is 2.60. The lowest BCUT2D eigenvalue weighted by molar-refractivity contribution is -0.142. The van der Waals surface area contributed by atoms with Gasteiger partial charge in [-0.25, -0.2) is 0 Å². The van der Waals surface area contributed by atoms with E-state index in [1.807, 2.05) is 30.3 Å². The van der Waals surface area contributed by atoms with E-state index in [2.05, 4.69) is 4.98 Å². The van der Waals surface area contributed by atoms with Crippen molar-refractivity contribution in [3.05, 3.63) is 66.0 Å². The van der Waals surface area contributed by atoms with Crippen molar-refractivity contribution in [2.75, 3.05) is 7.11 Å². The molecule has 0 saturated heterocycles. The number of methoxy groups -OCH3 is 1. The summed E-state index contributed by atoms with van der Waals surface area (Å²) in [4.78, 5) is 27.5. The first-order valence-electron chi connectivity index (χ1n) is 6.88. The number of nitrogens with zero attached hydrogens (tertiary/aromatic N) is 1. The molecule has 1 N–H and O–H groups in total. The smallest absolute Gasteiger partial charge is 0.311 e. The maximum atomic E-state index is 11.8. The Labute approximate surface area is 128 Å². The summed E-state index contributed by atoms with van der Waals surface area (Å²) in [6.45, 7) is 0. The lowest BCUT2D eigenvalue weighted by Crippen LogP contribution is -2.23. The molecule has 1 aromatic heterocycles. The van der Waals surface area contributed by atoms with Crippen LogP contribution in [0.1, 0.15) is 29.4 Å². The summed E-state index contributed by atoms with van der Waals surface area (Å²) < 4.78 is 4.72. The maximum Gasteiger partial charge on any atom is 0.311 e. The Morgan fingerprint density at radius 2 is 1.82 bits per heavy atom. The van der Waals surface area contributed by atoms with Crippen molar-refractivity contribution in [2.45, 2.75) is 18.3 Å². The number of carbonyl (C=O) groups excluding carboxylic acids is 1. The molecule has 114 valence electrons. The van der Waals surface area contributed by atoms with Crippen molar-refractivity contribution < 1.29 is 19.4 Å². The van der Waals surface area contributed by atoms with E-state index in [0.29, 0.717) is 5.56 Å². The first kappa shape index (κ1) is 15.7. The van der Waals surface area contributed by atoms with Crippen LogP contribution in [0, 0.1) is 0 Å². The van der Waals surface area contributed by atoms with Gasteiger partial charge in [-0.2, -0.15) is 0 Å². The molecule has 5 nitrogen and oxygen atoms in total. The van der Waals surface area contributed by atoms with Gasteiger partial charge < -0.3 is 9.84 Å². The van der Waals surface area contributed by atoms with Crippen LogP contribution in [0.2, 0.25) is 0 Å². The number of aliphatic carboxylic acids is 1. The number of ether oxygens (including phenoxy) is 1. The van der Waals surface area contributed by atoms with Crippen molar-refractivity contribution in [1.82, 2.24) is 4.98 Å². The van der Waals surface area contributed by atoms with E-state index in [4.69, 9.17) is 4.74 Å². The predicted molar refractivity (Wildman–Crippen MR) is 80.4 cm³/mol. The van der Waals surface area contributed by atoms with E-state index in [1.165, 1.54) is 13.3 Å². The van der Waals surface area contributed by atoms with Gasteiger partial charge in [0.1, 0.15) is 0 Å². The van der Waals surface area contributed by atoms with Crippen LogP contribution in [0.3, 0.4) is 0 Å². The first-order valence-corrected chi connectivity index (χ1v) is 6.88. The molecule has 1 aromatic carbocycles. The van der Waals surface area contributed by atoms with E-state index in [9.17, 15) is 14.7 Å². The Kier molecular flexibility index (Phi) is 5.25. The zero-order valence-electron chi connectivity index (χ0n) is 12.2. The third-order valence-corrected chi connectivity index (χ3v) is 3.55. The molecular weight excluding hydrogens is 282 g/mol. The second-order valence-corrected chi connectivity index (χ2v) is 4.90. The minimum atomic E-state index is -0.995. The minimum absolute atomic E-state index is 0.00757. The fourth-order valence-electron chi connectivity index (χ4n) is 2.50. The molecule has 1 heterocycles. The van der Waals surface area contributed by atoms with Crippen molar-refractivity contribution in [3.8, 4) is 0 Å². The normalized spacial score (nSPS) is 13.1. The van der Waals surface area contributed by atoms with E-state index < -0.39 is 23.8 Å². The Bertz CT molecular complexity index is 628. The number of pyridine rings is 1. The maximum absolute atomic E-state index is 11.8. The van der Waals surface area contributed by atoms with Crippen LogP contribution in [0.4, 0.5) is 0 Å². The molecule has 0 radical (unpaired) electrons. The fraction of sp³-hybridized carbons (Fsp3) is 0.235. The quantitative estimate of drug-likeness (QED) is 0.830. The fourth-order valence-corrected chi connectivity index (χ4v) is 2.50. The Morgan fingerprint density at radius 1 is 1.14 bits per heavy atom. The van der Waals surface area contributed by atoms with Gasteiger partial charge in [-0.1, -0.05) is 36.4 Å². The van der Waals surface area contributed by atoms with Gasteiger partial charge in [-0.3, -0.25) is 14.6 Å². The molecule has 0 amide bonds. The van der Waals surface area contributed by atoms with E-state index in [-0.39, 0.29) is 6.42 Å². The van der Waals surface area contributed by atoms with Crippen LogP contribution >= 0.6 is 0 Å². The molecule has 0 saturated carbocycles. The highest BCUT2D eigenvalue weighted by Gasteiger charge is 2.33. The molecular formula is C17H17NO4. The van der Waals surface area contributed by atoms with Gasteiger partial charge in [0.15, 0.2) is 0 Å². The van der Waals surface area contributed by atoms with Crippen LogP contribution < -0.4 is 0 Å². The zero-order chi connectivity index (χ0) is 15.9. The van der Waals surface area contributed by atoms with Gasteiger partial charge >= 0.3 is 11.9 Å². The van der Waals surface area contributed by atoms with Crippen LogP contribution in [0.25, 0.3) is 0 Å². The average Bonchev–Trinajstić information content (AvgIpc) is 2.55. The van der Waals surface area contributed by atoms with Crippen LogP contribution in [0.5, 0.6) is 0 Å². The molecule has 0 spiro atoms. The number of hydrogen-bond acceptors (Lipinski definition) is 4. The van der Waals surface area contributed by atoms with Crippen LogP contribution in [-0.4, -0.2) is 29.1 Å². The van der Waals surface area contributed by atoms with E-state index in [0.717, 1.165) is 5.56 Å². The van der Waals surface area contributed by atoms with Crippen LogP contribution in [-0.2, 0) is 14.3 Å². The SMILES string of the molecule is COC(=O)CC(c1ccccc1)C(C(=O)O)c1cccnc1. The molecule has 22 heavy (non-hydrogen) atoms. The summed E-state index contributed by atoms with van der Waals surface area (Å²) >= 11 is 0. The van der Waals surface area contributed by atoms with Crippen LogP contribution in [0.15, 0.2) is 54.9 Å². The number of aromatic nitrogens is 1. The number of carboxylic acid groups (broad SMARTS) is 1. The van der Waals surface area contributed by atoms with Gasteiger partial charge in [0.2, 0.25) is 0 Å². The third kappa shape index (κ3) is 3.69. The van der Waals surface area contributed by atoms with Gasteiger partial charge in [0.05, 0.1) is 19.4 Å². The zero-order valence-corrected chi connectivity index (χ0v) is 12.2. The summed E-state index contributed by atoms with van der Waals surface area (Å²) in [6, 6.07) is 12.5. The van der Waals surface area contributed by atoms with Gasteiger partial charge in [0.25, 0.3) is 0 Å². The number of benzene rings is 1. The van der Waals surface area contributed by atoms with Crippen molar-refractivity contribution in [1.29, 1.82) is 0 Å². The Morgan fingerprint density at radius 3 is 2.36 bits per heavy atom. The number of rotatable bonds is 6. The molecule has 0 aliphatic rings. The lowest BCUT2D eigenvalue weighted by Gasteiger charge is -2.23. The highest BCUT2D eigenvalue weighted by atomic mass is 16.5. The highest BCUT2D eigenvalue weighted by molar-refractivity contribution is 5.80. The molecule has 2 atom stereocenters. The van der Waals surface area contributed by atoms with Gasteiger partial charge in [-0.05, 0) is 17.2 Å². The second kappa shape index (κ2) is 7.36. The summed E-state index contributed by atoms with van der Waals surface area (Å²) in [6.07, 6.45) is 3.10. The van der Waals surface area contributed by atoms with Crippen molar-refractivity contribution in [3.63, 3.8) is 0 Å². The summed E-state index contributed by atoms with van der Waals surface area (Å²) in [7, 11) is 1.30. The van der Waals surface area contributed by atoms with Gasteiger partial charge in [-0.15, -0.1) is 0 Å². The molecule has 2 rings (SSSR count). The number of hydrogen-bond donors (Lipinski definition) is 1. The third-order valence-electron chi connectivity index (χ3n) is 3.55. The van der Waals surface area contributed by atoms with E-state index in [1.54, 1.807) is 18.3 Å². The van der Waals surface area contributed by atoms with Gasteiger partial charge in [0, 0.05) is 18.3 Å². The summed E-state index contributed by atoms with van der Waals surface area (Å²) in [5.41, 5.74) is 1.34. The van der Waals surface area contributed by atoms with E-state index >= 15 is 0 Å². The number of esters is 1. The average molecular weight is 299 g/mol. The second-order valence-electron chi connectivity index (χ2n) is 4.90. The molecule has 2 aromatic rings. The first-order chi connectivity index (χ1) is 10.6.